The van der Waals surface area contributed by atoms with Crippen LogP contribution in [0.3, 0.4) is 0 Å². The second-order valence-corrected chi connectivity index (χ2v) is 6.17. The number of rotatable bonds is 4. The summed E-state index contributed by atoms with van der Waals surface area (Å²) in [6.45, 7) is 1.34. The van der Waals surface area contributed by atoms with Crippen LogP contribution in [0.25, 0.3) is 0 Å². The third kappa shape index (κ3) is 3.44. The Labute approximate surface area is 123 Å². The van der Waals surface area contributed by atoms with Crippen LogP contribution in [0.2, 0.25) is 5.02 Å². The van der Waals surface area contributed by atoms with Crippen LogP contribution >= 0.6 is 23.4 Å². The molecule has 0 aliphatic carbocycles. The molecule has 5 heteroatoms. The van der Waals surface area contributed by atoms with Gasteiger partial charge in [0.1, 0.15) is 0 Å². The number of carbonyl (C=O) groups is 1. The number of nitrogens with zero attached hydrogens (tertiary/aromatic N) is 1. The summed E-state index contributed by atoms with van der Waals surface area (Å²) in [5.41, 5.74) is 8.27. The zero-order chi connectivity index (χ0) is 13.8. The topological polar surface area (TPSA) is 46.3 Å². The third-order valence-electron chi connectivity index (χ3n) is 3.47. The first-order chi connectivity index (χ1) is 9.13. The number of halogens is 1. The van der Waals surface area contributed by atoms with Crippen LogP contribution in [0.5, 0.6) is 0 Å². The van der Waals surface area contributed by atoms with Gasteiger partial charge in [-0.1, -0.05) is 23.7 Å². The molecule has 0 saturated heterocycles. The van der Waals surface area contributed by atoms with Crippen LogP contribution in [-0.2, 0) is 17.8 Å². The fourth-order valence-electron chi connectivity index (χ4n) is 2.35. The van der Waals surface area contributed by atoms with E-state index in [2.05, 4.69) is 0 Å². The van der Waals surface area contributed by atoms with Crippen LogP contribution in [0.4, 0.5) is 0 Å². The molecule has 1 aliphatic heterocycles. The van der Waals surface area contributed by atoms with Crippen LogP contribution in [0.1, 0.15) is 17.5 Å². The molecule has 0 aromatic heterocycles. The lowest BCUT2D eigenvalue weighted by Gasteiger charge is -2.31. The molecule has 104 valence electrons. The maximum Gasteiger partial charge on any atom is 0.239 e. The van der Waals surface area contributed by atoms with Gasteiger partial charge in [-0.05, 0) is 42.0 Å². The van der Waals surface area contributed by atoms with E-state index in [0.717, 1.165) is 29.2 Å². The summed E-state index contributed by atoms with van der Waals surface area (Å²) in [5, 5.41) is 0.802. The van der Waals surface area contributed by atoms with E-state index in [1.54, 1.807) is 11.8 Å². The van der Waals surface area contributed by atoms with Crippen molar-refractivity contribution in [1.82, 2.24) is 4.90 Å². The Balaban J connectivity index is 2.03. The summed E-state index contributed by atoms with van der Waals surface area (Å²) in [4.78, 5) is 14.1. The second-order valence-electron chi connectivity index (χ2n) is 4.78. The average molecular weight is 299 g/mol. The van der Waals surface area contributed by atoms with Crippen molar-refractivity contribution in [2.45, 2.75) is 25.4 Å². The summed E-state index contributed by atoms with van der Waals surface area (Å²) >= 11 is 7.89. The Morgan fingerprint density at radius 2 is 2.37 bits per heavy atom. The van der Waals surface area contributed by atoms with Crippen molar-refractivity contribution in [3.8, 4) is 0 Å². The molecule has 1 heterocycles. The Kier molecular flexibility index (Phi) is 5.13. The fraction of sp³-hybridized carbons (Fsp3) is 0.500. The molecule has 0 fully saturated rings. The van der Waals surface area contributed by atoms with Crippen molar-refractivity contribution in [2.75, 3.05) is 18.6 Å². The van der Waals surface area contributed by atoms with Crippen LogP contribution < -0.4 is 5.73 Å². The highest BCUT2D eigenvalue weighted by molar-refractivity contribution is 7.98. The monoisotopic (exact) mass is 298 g/mol. The maximum atomic E-state index is 12.3. The normalized spacial score (nSPS) is 16.1. The molecular weight excluding hydrogens is 280 g/mol. The van der Waals surface area contributed by atoms with Gasteiger partial charge in [0.05, 0.1) is 6.04 Å². The van der Waals surface area contributed by atoms with E-state index in [1.165, 1.54) is 5.56 Å². The van der Waals surface area contributed by atoms with E-state index in [1.807, 2.05) is 29.4 Å². The number of nitrogens with two attached hydrogens (primary N) is 1. The van der Waals surface area contributed by atoms with Gasteiger partial charge in [0.2, 0.25) is 5.91 Å². The molecule has 1 aromatic rings. The van der Waals surface area contributed by atoms with Crippen molar-refractivity contribution in [2.24, 2.45) is 5.73 Å². The van der Waals surface area contributed by atoms with Gasteiger partial charge in [-0.15, -0.1) is 0 Å². The van der Waals surface area contributed by atoms with E-state index in [0.29, 0.717) is 13.1 Å². The lowest BCUT2D eigenvalue weighted by Crippen LogP contribution is -2.46. The molecule has 3 nitrogen and oxygen atoms in total. The van der Waals surface area contributed by atoms with Gasteiger partial charge in [0.15, 0.2) is 0 Å². The molecule has 0 radical (unpaired) electrons. The summed E-state index contributed by atoms with van der Waals surface area (Å²) in [7, 11) is 0. The van der Waals surface area contributed by atoms with Crippen LogP contribution in [0.15, 0.2) is 18.2 Å². The fourth-order valence-corrected chi connectivity index (χ4v) is 3.13. The zero-order valence-corrected chi connectivity index (χ0v) is 12.6. The lowest BCUT2D eigenvalue weighted by atomic mass is 9.99. The number of amides is 1. The van der Waals surface area contributed by atoms with E-state index in [4.69, 9.17) is 17.3 Å². The number of carbonyl (C=O) groups excluding carboxylic acids is 1. The number of hydrogen-bond acceptors (Lipinski definition) is 3. The summed E-state index contributed by atoms with van der Waals surface area (Å²) in [6, 6.07) is 5.49. The molecule has 1 aromatic carbocycles. The van der Waals surface area contributed by atoms with Gasteiger partial charge in [-0.25, -0.2) is 0 Å². The van der Waals surface area contributed by atoms with Crippen LogP contribution in [-0.4, -0.2) is 35.4 Å². The molecule has 19 heavy (non-hydrogen) atoms. The molecule has 0 unspecified atom stereocenters. The SMILES string of the molecule is CSCC[C@H](N)C(=O)N1CCc2c(Cl)cccc2C1. The van der Waals surface area contributed by atoms with E-state index < -0.39 is 0 Å². The highest BCUT2D eigenvalue weighted by atomic mass is 35.5. The number of fused-ring (bicyclic) bond motifs is 1. The zero-order valence-electron chi connectivity index (χ0n) is 11.1. The number of benzene rings is 1. The molecule has 1 atom stereocenters. The predicted molar refractivity (Wildman–Crippen MR) is 81.5 cm³/mol. The van der Waals surface area contributed by atoms with Gasteiger partial charge < -0.3 is 10.6 Å². The van der Waals surface area contributed by atoms with Gasteiger partial charge >= 0.3 is 0 Å². The second kappa shape index (κ2) is 6.64. The molecule has 0 spiro atoms. The maximum absolute atomic E-state index is 12.3. The standard InChI is InChI=1S/C14H19ClN2OS/c1-19-8-6-13(16)14(18)17-7-5-11-10(9-17)3-2-4-12(11)15/h2-4,13H,5-9,16H2,1H3/t13-/m0/s1. The minimum Gasteiger partial charge on any atom is -0.337 e. The van der Waals surface area contributed by atoms with E-state index in [-0.39, 0.29) is 11.9 Å². The highest BCUT2D eigenvalue weighted by Gasteiger charge is 2.25. The number of thioether (sulfide) groups is 1. The largest absolute Gasteiger partial charge is 0.337 e. The van der Waals surface area contributed by atoms with Gasteiger partial charge in [-0.2, -0.15) is 11.8 Å². The summed E-state index contributed by atoms with van der Waals surface area (Å²) < 4.78 is 0. The quantitative estimate of drug-likeness (QED) is 0.928. The average Bonchev–Trinajstić information content (AvgIpc) is 2.43. The molecule has 1 amide bonds. The Morgan fingerprint density at radius 1 is 1.58 bits per heavy atom. The summed E-state index contributed by atoms with van der Waals surface area (Å²) in [6.07, 6.45) is 3.57. The molecular formula is C14H19ClN2OS. The van der Waals surface area contributed by atoms with E-state index >= 15 is 0 Å². The highest BCUT2D eigenvalue weighted by Crippen LogP contribution is 2.26. The third-order valence-corrected chi connectivity index (χ3v) is 4.47. The van der Waals surface area contributed by atoms with Gasteiger partial charge in [0, 0.05) is 18.1 Å². The Morgan fingerprint density at radius 3 is 3.11 bits per heavy atom. The molecule has 0 saturated carbocycles. The molecule has 2 N–H and O–H groups in total. The predicted octanol–water partition coefficient (Wildman–Crippen LogP) is 2.31. The van der Waals surface area contributed by atoms with E-state index in [9.17, 15) is 4.79 Å². The molecule has 1 aliphatic rings. The van der Waals surface area contributed by atoms with Gasteiger partial charge in [0.25, 0.3) is 0 Å². The smallest absolute Gasteiger partial charge is 0.239 e. The lowest BCUT2D eigenvalue weighted by molar-refractivity contribution is -0.133. The first kappa shape index (κ1) is 14.7. The van der Waals surface area contributed by atoms with Crippen molar-refractivity contribution in [3.63, 3.8) is 0 Å². The number of hydrogen-bond donors (Lipinski definition) is 1. The van der Waals surface area contributed by atoms with Crippen LogP contribution in [0, 0.1) is 0 Å². The molecule has 0 bridgehead atoms. The van der Waals surface area contributed by atoms with Crippen molar-refractivity contribution >= 4 is 29.3 Å². The Bertz CT molecular complexity index is 467. The minimum atomic E-state index is -0.381. The Hall–Kier alpha value is -0.710. The van der Waals surface area contributed by atoms with Crippen molar-refractivity contribution < 1.29 is 4.79 Å². The minimum absolute atomic E-state index is 0.0553. The summed E-state index contributed by atoms with van der Waals surface area (Å²) in [5.74, 6) is 0.975. The first-order valence-electron chi connectivity index (χ1n) is 6.43. The molecule has 2 rings (SSSR count). The first-order valence-corrected chi connectivity index (χ1v) is 8.20. The van der Waals surface area contributed by atoms with Crippen molar-refractivity contribution in [3.05, 3.63) is 34.3 Å². The van der Waals surface area contributed by atoms with Gasteiger partial charge in [-0.3, -0.25) is 4.79 Å². The van der Waals surface area contributed by atoms with Crippen molar-refractivity contribution in [1.29, 1.82) is 0 Å².